The third-order valence-corrected chi connectivity index (χ3v) is 6.85. The van der Waals surface area contributed by atoms with E-state index in [0.717, 1.165) is 35.1 Å². The molecule has 1 heterocycles. The number of unbranched alkanes of at least 4 members (excludes halogenated alkanes) is 1. The van der Waals surface area contributed by atoms with Crippen molar-refractivity contribution in [3.63, 3.8) is 0 Å². The Kier molecular flexibility index (Phi) is 7.50. The molecular formula is C27H32N2O5. The van der Waals surface area contributed by atoms with Gasteiger partial charge in [-0.25, -0.2) is 9.59 Å². The van der Waals surface area contributed by atoms with Crippen molar-refractivity contribution >= 4 is 18.0 Å². The normalized spacial score (nSPS) is 17.7. The second kappa shape index (κ2) is 10.7. The van der Waals surface area contributed by atoms with Gasteiger partial charge in [-0.3, -0.25) is 4.79 Å². The topological polar surface area (TPSA) is 95.9 Å². The van der Waals surface area contributed by atoms with Crippen molar-refractivity contribution in [1.82, 2.24) is 10.2 Å². The van der Waals surface area contributed by atoms with E-state index in [0.29, 0.717) is 25.8 Å². The Morgan fingerprint density at radius 3 is 2.35 bits per heavy atom. The average molecular weight is 465 g/mol. The van der Waals surface area contributed by atoms with Gasteiger partial charge in [-0.1, -0.05) is 68.3 Å². The first-order chi connectivity index (χ1) is 16.5. The van der Waals surface area contributed by atoms with Crippen molar-refractivity contribution in [2.45, 2.75) is 63.5 Å². The molecule has 0 saturated carbocycles. The Balaban J connectivity index is 1.38. The Morgan fingerprint density at radius 1 is 1.09 bits per heavy atom. The first-order valence-corrected chi connectivity index (χ1v) is 12.1. The zero-order valence-corrected chi connectivity index (χ0v) is 19.5. The van der Waals surface area contributed by atoms with Gasteiger partial charge in [0.1, 0.15) is 12.6 Å². The maximum Gasteiger partial charge on any atom is 0.407 e. The minimum atomic E-state index is -0.972. The number of ether oxygens (including phenoxy) is 1. The highest BCUT2D eigenvalue weighted by Crippen LogP contribution is 2.44. The molecule has 2 aromatic carbocycles. The molecule has 7 heteroatoms. The van der Waals surface area contributed by atoms with Gasteiger partial charge >= 0.3 is 12.1 Å². The predicted octanol–water partition coefficient (Wildman–Crippen LogP) is 4.55. The molecule has 0 radical (unpaired) electrons. The average Bonchev–Trinajstić information content (AvgIpc) is 3.45. The first kappa shape index (κ1) is 23.8. The molecule has 0 aromatic heterocycles. The second-order valence-corrected chi connectivity index (χ2v) is 9.10. The number of carbonyl (C=O) groups is 3. The molecule has 7 nitrogen and oxygen atoms in total. The number of amides is 2. The minimum absolute atomic E-state index is 0.0326. The van der Waals surface area contributed by atoms with Crippen molar-refractivity contribution in [3.05, 3.63) is 59.7 Å². The number of fused-ring (bicyclic) bond motifs is 3. The fourth-order valence-electron chi connectivity index (χ4n) is 5.13. The van der Waals surface area contributed by atoms with Gasteiger partial charge in [0, 0.05) is 24.9 Å². The Hall–Kier alpha value is -3.35. The van der Waals surface area contributed by atoms with Crippen LogP contribution in [0.15, 0.2) is 48.5 Å². The SMILES string of the molecule is CCCC[C@@H](CC(=O)N1CCC[C@H]1C(=O)O)NC(=O)OCC1c2ccccc2-c2ccccc21. The van der Waals surface area contributed by atoms with Gasteiger partial charge < -0.3 is 20.1 Å². The quantitative estimate of drug-likeness (QED) is 0.568. The van der Waals surface area contributed by atoms with Gasteiger partial charge in [-0.05, 0) is 41.5 Å². The fourth-order valence-corrected chi connectivity index (χ4v) is 5.13. The third-order valence-electron chi connectivity index (χ3n) is 6.85. The van der Waals surface area contributed by atoms with Crippen LogP contribution in [0, 0.1) is 0 Å². The highest BCUT2D eigenvalue weighted by atomic mass is 16.5. The van der Waals surface area contributed by atoms with Gasteiger partial charge in [0.2, 0.25) is 5.91 Å². The van der Waals surface area contributed by atoms with Crippen molar-refractivity contribution in [1.29, 1.82) is 0 Å². The van der Waals surface area contributed by atoms with Gasteiger partial charge in [-0.2, -0.15) is 0 Å². The van der Waals surface area contributed by atoms with E-state index in [1.54, 1.807) is 0 Å². The number of alkyl carbamates (subject to hydrolysis) is 1. The molecule has 2 aliphatic rings. The Labute approximate surface area is 200 Å². The molecule has 0 unspecified atom stereocenters. The molecule has 0 bridgehead atoms. The summed E-state index contributed by atoms with van der Waals surface area (Å²) < 4.78 is 5.65. The predicted molar refractivity (Wildman–Crippen MR) is 129 cm³/mol. The fraction of sp³-hybridized carbons (Fsp3) is 0.444. The summed E-state index contributed by atoms with van der Waals surface area (Å²) >= 11 is 0. The van der Waals surface area contributed by atoms with Gasteiger partial charge in [0.15, 0.2) is 0 Å². The molecule has 34 heavy (non-hydrogen) atoms. The van der Waals surface area contributed by atoms with Crippen molar-refractivity contribution in [3.8, 4) is 11.1 Å². The number of nitrogens with zero attached hydrogens (tertiary/aromatic N) is 1. The molecule has 2 N–H and O–H groups in total. The molecule has 1 aliphatic heterocycles. The molecule has 0 spiro atoms. The maximum absolute atomic E-state index is 12.8. The molecule has 4 rings (SSSR count). The largest absolute Gasteiger partial charge is 0.480 e. The summed E-state index contributed by atoms with van der Waals surface area (Å²) in [4.78, 5) is 38.4. The van der Waals surface area contributed by atoms with E-state index in [1.807, 2.05) is 31.2 Å². The van der Waals surface area contributed by atoms with Crippen LogP contribution < -0.4 is 5.32 Å². The molecule has 1 fully saturated rings. The number of benzene rings is 2. The van der Waals surface area contributed by atoms with Gasteiger partial charge in [0.25, 0.3) is 0 Å². The highest BCUT2D eigenvalue weighted by Gasteiger charge is 2.35. The summed E-state index contributed by atoms with van der Waals surface area (Å²) in [6, 6.07) is 15.2. The molecular weight excluding hydrogens is 432 g/mol. The van der Waals surface area contributed by atoms with E-state index in [2.05, 4.69) is 29.6 Å². The lowest BCUT2D eigenvalue weighted by molar-refractivity contribution is -0.148. The Morgan fingerprint density at radius 2 is 1.74 bits per heavy atom. The van der Waals surface area contributed by atoms with Crippen LogP contribution >= 0.6 is 0 Å². The molecule has 1 aliphatic carbocycles. The number of rotatable bonds is 9. The van der Waals surface area contributed by atoms with Gasteiger partial charge in [0.05, 0.1) is 0 Å². The first-order valence-electron chi connectivity index (χ1n) is 12.1. The van der Waals surface area contributed by atoms with E-state index in [9.17, 15) is 19.5 Å². The lowest BCUT2D eigenvalue weighted by Crippen LogP contribution is -2.45. The summed E-state index contributed by atoms with van der Waals surface area (Å²) in [5.41, 5.74) is 4.61. The highest BCUT2D eigenvalue weighted by molar-refractivity contribution is 5.85. The summed E-state index contributed by atoms with van der Waals surface area (Å²) in [5.74, 6) is -1.24. The number of hydrogen-bond acceptors (Lipinski definition) is 4. The van der Waals surface area contributed by atoms with Crippen LogP contribution in [0.4, 0.5) is 4.79 Å². The third kappa shape index (κ3) is 5.08. The lowest BCUT2D eigenvalue weighted by Gasteiger charge is -2.25. The maximum atomic E-state index is 12.8. The zero-order valence-electron chi connectivity index (χ0n) is 19.5. The number of hydrogen-bond donors (Lipinski definition) is 2. The van der Waals surface area contributed by atoms with E-state index >= 15 is 0 Å². The second-order valence-electron chi connectivity index (χ2n) is 9.10. The summed E-state index contributed by atoms with van der Waals surface area (Å²) in [7, 11) is 0. The van der Waals surface area contributed by atoms with Crippen LogP contribution in [0.1, 0.15) is 62.5 Å². The summed E-state index contributed by atoms with van der Waals surface area (Å²) in [6.45, 7) is 2.70. The molecule has 2 aromatic rings. The molecule has 2 atom stereocenters. The number of likely N-dealkylation sites (tertiary alicyclic amines) is 1. The lowest BCUT2D eigenvalue weighted by atomic mass is 9.98. The molecule has 180 valence electrons. The van der Waals surface area contributed by atoms with Crippen LogP contribution in [0.25, 0.3) is 11.1 Å². The number of carbonyl (C=O) groups excluding carboxylic acids is 2. The van der Waals surface area contributed by atoms with Gasteiger partial charge in [-0.15, -0.1) is 0 Å². The smallest absolute Gasteiger partial charge is 0.407 e. The molecule has 1 saturated heterocycles. The van der Waals surface area contributed by atoms with E-state index in [1.165, 1.54) is 4.90 Å². The van der Waals surface area contributed by atoms with Crippen molar-refractivity contribution in [2.75, 3.05) is 13.2 Å². The van der Waals surface area contributed by atoms with E-state index in [4.69, 9.17) is 4.74 Å². The van der Waals surface area contributed by atoms with E-state index < -0.39 is 24.1 Å². The number of carboxylic acid groups (broad SMARTS) is 1. The van der Waals surface area contributed by atoms with Crippen LogP contribution in [0.5, 0.6) is 0 Å². The van der Waals surface area contributed by atoms with Crippen molar-refractivity contribution in [2.24, 2.45) is 0 Å². The summed E-state index contributed by atoms with van der Waals surface area (Å²) in [5, 5.41) is 12.2. The van der Waals surface area contributed by atoms with E-state index in [-0.39, 0.29) is 24.9 Å². The van der Waals surface area contributed by atoms with Crippen LogP contribution in [-0.4, -0.2) is 53.2 Å². The standard InChI is InChI=1S/C27H32N2O5/c1-2-3-9-18(16-25(30)29-15-8-14-24(29)26(31)32)28-27(33)34-17-23-21-12-6-4-10-19(21)20-11-5-7-13-22(20)23/h4-7,10-13,18,23-24H,2-3,8-9,14-17H2,1H3,(H,28,33)(H,31,32)/t18-,24-/m0/s1. The van der Waals surface area contributed by atoms with Crippen LogP contribution in [0.3, 0.4) is 0 Å². The number of aliphatic carboxylic acids is 1. The number of nitrogens with one attached hydrogen (secondary N) is 1. The Bertz CT molecular complexity index is 1010. The monoisotopic (exact) mass is 464 g/mol. The van der Waals surface area contributed by atoms with Crippen LogP contribution in [0.2, 0.25) is 0 Å². The van der Waals surface area contributed by atoms with Crippen LogP contribution in [-0.2, 0) is 14.3 Å². The molecule has 2 amide bonds. The van der Waals surface area contributed by atoms with Crippen molar-refractivity contribution < 1.29 is 24.2 Å². The minimum Gasteiger partial charge on any atom is -0.480 e. The summed E-state index contributed by atoms with van der Waals surface area (Å²) in [6.07, 6.45) is 3.10. The zero-order chi connectivity index (χ0) is 24.1. The number of carboxylic acids is 1.